The Bertz CT molecular complexity index is 240. The predicted molar refractivity (Wildman–Crippen MR) is 68.2 cm³/mol. The molecular weight excluding hydrogens is 218 g/mol. The number of carboxylic acids is 1. The molecule has 0 bridgehead atoms. The fourth-order valence-electron chi connectivity index (χ4n) is 2.20. The number of piperazine rings is 1. The van der Waals surface area contributed by atoms with Crippen molar-refractivity contribution in [3.05, 3.63) is 0 Å². The van der Waals surface area contributed by atoms with Gasteiger partial charge in [0.2, 0.25) is 0 Å². The van der Waals surface area contributed by atoms with E-state index >= 15 is 0 Å². The summed E-state index contributed by atoms with van der Waals surface area (Å²) in [6.07, 6.45) is 1.17. The highest BCUT2D eigenvalue weighted by Gasteiger charge is 2.24. The molecule has 1 aliphatic heterocycles. The maximum atomic E-state index is 10.9. The topological polar surface area (TPSA) is 55.8 Å². The van der Waals surface area contributed by atoms with E-state index in [2.05, 4.69) is 29.0 Å². The zero-order chi connectivity index (χ0) is 12.8. The molecule has 0 aliphatic carbocycles. The molecule has 0 spiro atoms. The molecule has 0 saturated carbocycles. The maximum absolute atomic E-state index is 10.9. The van der Waals surface area contributed by atoms with E-state index < -0.39 is 12.0 Å². The fraction of sp³-hybridized carbons (Fsp3) is 0.917. The van der Waals surface area contributed by atoms with Gasteiger partial charge in [0, 0.05) is 38.8 Å². The Balaban J connectivity index is 2.34. The number of carbonyl (C=O) groups is 1. The lowest BCUT2D eigenvalue weighted by molar-refractivity contribution is -0.140. The van der Waals surface area contributed by atoms with Crippen LogP contribution in [0.1, 0.15) is 20.3 Å². The van der Waals surface area contributed by atoms with Gasteiger partial charge in [-0.1, -0.05) is 6.92 Å². The van der Waals surface area contributed by atoms with Crippen molar-refractivity contribution in [2.45, 2.75) is 32.4 Å². The summed E-state index contributed by atoms with van der Waals surface area (Å²) in [7, 11) is 1.70. The van der Waals surface area contributed by atoms with Crippen molar-refractivity contribution in [2.24, 2.45) is 0 Å². The average molecular weight is 243 g/mol. The van der Waals surface area contributed by atoms with Crippen molar-refractivity contribution in [1.82, 2.24) is 15.1 Å². The third-order valence-electron chi connectivity index (χ3n) is 3.71. The first-order valence-electron chi connectivity index (χ1n) is 6.45. The standard InChI is InChI=1S/C12H25N3O2/c1-4-10(2)15-7-5-14(6-8-15)9-11(13-3)12(16)17/h10-11,13H,4-9H2,1-3H3,(H,16,17). The summed E-state index contributed by atoms with van der Waals surface area (Å²) in [5, 5.41) is 11.8. The largest absolute Gasteiger partial charge is 0.480 e. The SMILES string of the molecule is CCC(C)N1CCN(CC(NC)C(=O)O)CC1. The molecule has 5 heteroatoms. The van der Waals surface area contributed by atoms with Gasteiger partial charge in [-0.15, -0.1) is 0 Å². The van der Waals surface area contributed by atoms with Crippen molar-refractivity contribution in [2.75, 3.05) is 39.8 Å². The monoisotopic (exact) mass is 243 g/mol. The molecule has 1 saturated heterocycles. The molecule has 0 aromatic carbocycles. The van der Waals surface area contributed by atoms with Crippen LogP contribution in [-0.2, 0) is 4.79 Å². The van der Waals surface area contributed by atoms with Crippen molar-refractivity contribution < 1.29 is 9.90 Å². The first-order chi connectivity index (χ1) is 8.08. The Morgan fingerprint density at radius 2 is 1.94 bits per heavy atom. The second-order valence-corrected chi connectivity index (χ2v) is 4.77. The molecule has 0 amide bonds. The molecule has 2 atom stereocenters. The highest BCUT2D eigenvalue weighted by atomic mass is 16.4. The summed E-state index contributed by atoms with van der Waals surface area (Å²) >= 11 is 0. The molecule has 1 heterocycles. The molecule has 17 heavy (non-hydrogen) atoms. The second kappa shape index (κ2) is 6.93. The van der Waals surface area contributed by atoms with Crippen LogP contribution in [0.3, 0.4) is 0 Å². The Kier molecular flexibility index (Phi) is 5.88. The van der Waals surface area contributed by atoms with Crippen LogP contribution in [0.4, 0.5) is 0 Å². The summed E-state index contributed by atoms with van der Waals surface area (Å²) < 4.78 is 0. The van der Waals surface area contributed by atoms with E-state index in [1.807, 2.05) is 0 Å². The first kappa shape index (κ1) is 14.4. The molecule has 0 aromatic rings. The number of rotatable bonds is 6. The van der Waals surface area contributed by atoms with E-state index in [9.17, 15) is 4.79 Å². The van der Waals surface area contributed by atoms with E-state index in [1.54, 1.807) is 7.05 Å². The smallest absolute Gasteiger partial charge is 0.322 e. The number of carboxylic acid groups (broad SMARTS) is 1. The summed E-state index contributed by atoms with van der Waals surface area (Å²) in [6, 6.07) is 0.182. The maximum Gasteiger partial charge on any atom is 0.322 e. The van der Waals surface area contributed by atoms with Crippen molar-refractivity contribution in [3.8, 4) is 0 Å². The number of nitrogens with one attached hydrogen (secondary N) is 1. The Hall–Kier alpha value is -0.650. The van der Waals surface area contributed by atoms with E-state index in [1.165, 1.54) is 6.42 Å². The van der Waals surface area contributed by atoms with Gasteiger partial charge >= 0.3 is 5.97 Å². The summed E-state index contributed by atoms with van der Waals surface area (Å²) in [6.45, 7) is 9.09. The van der Waals surface area contributed by atoms with Gasteiger partial charge in [0.05, 0.1) is 0 Å². The van der Waals surface area contributed by atoms with Crippen molar-refractivity contribution in [3.63, 3.8) is 0 Å². The van der Waals surface area contributed by atoms with Crippen molar-refractivity contribution >= 4 is 5.97 Å². The van der Waals surface area contributed by atoms with Crippen LogP contribution in [0.15, 0.2) is 0 Å². The van der Waals surface area contributed by atoms with Crippen LogP contribution in [0.2, 0.25) is 0 Å². The molecule has 0 aromatic heterocycles. The van der Waals surface area contributed by atoms with Gasteiger partial charge in [0.15, 0.2) is 0 Å². The van der Waals surface area contributed by atoms with Crippen LogP contribution in [0, 0.1) is 0 Å². The van der Waals surface area contributed by atoms with Crippen LogP contribution in [-0.4, -0.2) is 72.7 Å². The summed E-state index contributed by atoms with van der Waals surface area (Å²) in [5.74, 6) is -0.767. The Labute approximate surface area is 104 Å². The van der Waals surface area contributed by atoms with Crippen LogP contribution < -0.4 is 5.32 Å². The third kappa shape index (κ3) is 4.26. The second-order valence-electron chi connectivity index (χ2n) is 4.77. The summed E-state index contributed by atoms with van der Waals surface area (Å²) in [4.78, 5) is 15.6. The Morgan fingerprint density at radius 3 is 2.35 bits per heavy atom. The molecule has 2 unspecified atom stereocenters. The van der Waals surface area contributed by atoms with Crippen LogP contribution in [0.25, 0.3) is 0 Å². The minimum absolute atomic E-state index is 0.454. The Morgan fingerprint density at radius 1 is 1.35 bits per heavy atom. The molecule has 1 rings (SSSR count). The van der Waals surface area contributed by atoms with Gasteiger partial charge in [-0.3, -0.25) is 14.6 Å². The molecule has 2 N–H and O–H groups in total. The number of nitrogens with zero attached hydrogens (tertiary/aromatic N) is 2. The van der Waals surface area contributed by atoms with E-state index in [0.717, 1.165) is 26.2 Å². The predicted octanol–water partition coefficient (Wildman–Crippen LogP) is 0.0751. The van der Waals surface area contributed by atoms with Gasteiger partial charge in [-0.2, -0.15) is 0 Å². The van der Waals surface area contributed by atoms with Gasteiger partial charge < -0.3 is 10.4 Å². The molecule has 1 aliphatic rings. The van der Waals surface area contributed by atoms with Gasteiger partial charge in [-0.25, -0.2) is 0 Å². The molecule has 100 valence electrons. The third-order valence-corrected chi connectivity index (χ3v) is 3.71. The number of hydrogen-bond acceptors (Lipinski definition) is 4. The van der Waals surface area contributed by atoms with Gasteiger partial charge in [0.1, 0.15) is 6.04 Å². The van der Waals surface area contributed by atoms with Crippen LogP contribution >= 0.6 is 0 Å². The quantitative estimate of drug-likeness (QED) is 0.692. The lowest BCUT2D eigenvalue weighted by Crippen LogP contribution is -2.53. The highest BCUT2D eigenvalue weighted by molar-refractivity contribution is 5.73. The minimum atomic E-state index is -0.767. The van der Waals surface area contributed by atoms with Crippen LogP contribution in [0.5, 0.6) is 0 Å². The zero-order valence-electron chi connectivity index (χ0n) is 11.1. The average Bonchev–Trinajstić information content (AvgIpc) is 2.35. The molecule has 0 radical (unpaired) electrons. The summed E-state index contributed by atoms with van der Waals surface area (Å²) in [5.41, 5.74) is 0. The van der Waals surface area contributed by atoms with E-state index in [0.29, 0.717) is 12.6 Å². The number of hydrogen-bond donors (Lipinski definition) is 2. The van der Waals surface area contributed by atoms with Gasteiger partial charge in [-0.05, 0) is 20.4 Å². The van der Waals surface area contributed by atoms with Gasteiger partial charge in [0.25, 0.3) is 0 Å². The van der Waals surface area contributed by atoms with E-state index in [-0.39, 0.29) is 0 Å². The fourth-order valence-corrected chi connectivity index (χ4v) is 2.20. The first-order valence-corrected chi connectivity index (χ1v) is 6.45. The molecular formula is C12H25N3O2. The van der Waals surface area contributed by atoms with E-state index in [4.69, 9.17) is 5.11 Å². The normalized spacial score (nSPS) is 22.3. The lowest BCUT2D eigenvalue weighted by atomic mass is 10.1. The molecule has 5 nitrogen and oxygen atoms in total. The zero-order valence-corrected chi connectivity index (χ0v) is 11.1. The van der Waals surface area contributed by atoms with Crippen molar-refractivity contribution in [1.29, 1.82) is 0 Å². The number of aliphatic carboxylic acids is 1. The minimum Gasteiger partial charge on any atom is -0.480 e. The lowest BCUT2D eigenvalue weighted by Gasteiger charge is -2.38. The molecule has 1 fully saturated rings. The highest BCUT2D eigenvalue weighted by Crippen LogP contribution is 2.08. The number of likely N-dealkylation sites (N-methyl/N-ethyl adjacent to an activating group) is 1.